The van der Waals surface area contributed by atoms with Gasteiger partial charge in [-0.3, -0.25) is 9.20 Å². The number of aliphatic hydroxyl groups excluding tert-OH is 1. The monoisotopic (exact) mass is 295 g/mol. The summed E-state index contributed by atoms with van der Waals surface area (Å²) >= 11 is 6.01. The van der Waals surface area contributed by atoms with Crippen LogP contribution < -0.4 is 5.32 Å². The molecule has 0 aromatic carbocycles. The molecule has 2 heterocycles. The molecule has 0 saturated heterocycles. The van der Waals surface area contributed by atoms with E-state index < -0.39 is 6.10 Å². The highest BCUT2D eigenvalue weighted by molar-refractivity contribution is 6.32. The van der Waals surface area contributed by atoms with Crippen molar-refractivity contribution < 1.29 is 9.90 Å². The van der Waals surface area contributed by atoms with E-state index in [1.807, 2.05) is 19.9 Å². The highest BCUT2D eigenvalue weighted by atomic mass is 35.5. The van der Waals surface area contributed by atoms with E-state index >= 15 is 0 Å². The van der Waals surface area contributed by atoms with Gasteiger partial charge in [-0.05, 0) is 18.1 Å². The number of imidazole rings is 1. The van der Waals surface area contributed by atoms with Gasteiger partial charge >= 0.3 is 0 Å². The predicted molar refractivity (Wildman–Crippen MR) is 78.0 cm³/mol. The van der Waals surface area contributed by atoms with Crippen molar-refractivity contribution in [3.63, 3.8) is 0 Å². The first-order valence-corrected chi connectivity index (χ1v) is 7.01. The van der Waals surface area contributed by atoms with E-state index in [0.717, 1.165) is 6.42 Å². The number of aliphatic hydroxyl groups is 1. The summed E-state index contributed by atoms with van der Waals surface area (Å²) in [6.45, 7) is 4.14. The molecule has 0 aliphatic rings. The van der Waals surface area contributed by atoms with Crippen molar-refractivity contribution in [2.75, 3.05) is 6.54 Å². The highest BCUT2D eigenvalue weighted by Crippen LogP contribution is 2.17. The Hall–Kier alpha value is -1.59. The van der Waals surface area contributed by atoms with Crippen LogP contribution in [0.5, 0.6) is 0 Å². The van der Waals surface area contributed by atoms with Crippen LogP contribution in [0, 0.1) is 5.92 Å². The topological polar surface area (TPSA) is 66.6 Å². The van der Waals surface area contributed by atoms with Gasteiger partial charge in [-0.25, -0.2) is 4.98 Å². The first kappa shape index (κ1) is 14.8. The molecular weight excluding hydrogens is 278 g/mol. The lowest BCUT2D eigenvalue weighted by Crippen LogP contribution is -2.35. The Kier molecular flexibility index (Phi) is 4.62. The number of carbonyl (C=O) groups excluding carboxylic acids is 1. The number of hydrogen-bond donors (Lipinski definition) is 2. The summed E-state index contributed by atoms with van der Waals surface area (Å²) in [5, 5.41) is 12.7. The van der Waals surface area contributed by atoms with Crippen LogP contribution in [-0.4, -0.2) is 33.0 Å². The SMILES string of the molecule is CCC(C)C(O)CNC(=O)c1c(Cl)nc2ccccn12. The molecule has 0 saturated carbocycles. The van der Waals surface area contributed by atoms with Crippen LogP contribution in [0.25, 0.3) is 5.65 Å². The number of hydrogen-bond acceptors (Lipinski definition) is 3. The zero-order valence-corrected chi connectivity index (χ0v) is 12.3. The minimum Gasteiger partial charge on any atom is -0.391 e. The Morgan fingerprint density at radius 3 is 3.00 bits per heavy atom. The van der Waals surface area contributed by atoms with Crippen LogP contribution in [-0.2, 0) is 0 Å². The van der Waals surface area contributed by atoms with E-state index in [4.69, 9.17) is 11.6 Å². The second-order valence-corrected chi connectivity index (χ2v) is 5.20. The number of aromatic nitrogens is 2. The van der Waals surface area contributed by atoms with E-state index in [9.17, 15) is 9.90 Å². The largest absolute Gasteiger partial charge is 0.391 e. The smallest absolute Gasteiger partial charge is 0.271 e. The second kappa shape index (κ2) is 6.24. The van der Waals surface area contributed by atoms with Gasteiger partial charge in [0.1, 0.15) is 5.65 Å². The summed E-state index contributed by atoms with van der Waals surface area (Å²) < 4.78 is 1.63. The Labute approximate surface area is 122 Å². The van der Waals surface area contributed by atoms with Gasteiger partial charge in [0.25, 0.3) is 5.91 Å². The zero-order chi connectivity index (χ0) is 14.7. The van der Waals surface area contributed by atoms with Crippen molar-refractivity contribution in [1.29, 1.82) is 0 Å². The minimum absolute atomic E-state index is 0.132. The van der Waals surface area contributed by atoms with Gasteiger partial charge in [-0.15, -0.1) is 0 Å². The third kappa shape index (κ3) is 2.94. The predicted octanol–water partition coefficient (Wildman–Crippen LogP) is 2.12. The first-order chi connectivity index (χ1) is 9.54. The van der Waals surface area contributed by atoms with Crippen molar-refractivity contribution >= 4 is 23.2 Å². The molecule has 0 aliphatic heterocycles. The third-order valence-corrected chi connectivity index (χ3v) is 3.74. The van der Waals surface area contributed by atoms with E-state index in [0.29, 0.717) is 11.3 Å². The Balaban J connectivity index is 2.14. The molecule has 2 N–H and O–H groups in total. The molecule has 0 spiro atoms. The van der Waals surface area contributed by atoms with Gasteiger partial charge in [-0.1, -0.05) is 37.9 Å². The lowest BCUT2D eigenvalue weighted by Gasteiger charge is -2.17. The van der Waals surface area contributed by atoms with E-state index in [1.165, 1.54) is 0 Å². The third-order valence-electron chi connectivity index (χ3n) is 3.48. The summed E-state index contributed by atoms with van der Waals surface area (Å²) in [6.07, 6.45) is 2.02. The molecule has 0 bridgehead atoms. The van der Waals surface area contributed by atoms with Gasteiger partial charge in [-0.2, -0.15) is 0 Å². The van der Waals surface area contributed by atoms with Crippen molar-refractivity contribution in [3.8, 4) is 0 Å². The number of nitrogens with one attached hydrogen (secondary N) is 1. The maximum absolute atomic E-state index is 12.2. The van der Waals surface area contributed by atoms with Gasteiger partial charge in [0.2, 0.25) is 0 Å². The molecule has 20 heavy (non-hydrogen) atoms. The molecule has 2 aromatic heterocycles. The number of nitrogens with zero attached hydrogens (tertiary/aromatic N) is 2. The Bertz CT molecular complexity index is 611. The standard InChI is InChI=1S/C14H18ClN3O2/c1-3-9(2)10(19)8-16-14(20)12-13(15)17-11-6-4-5-7-18(11)12/h4-7,9-10,19H,3,8H2,1-2H3,(H,16,20). The van der Waals surface area contributed by atoms with Gasteiger partial charge in [0, 0.05) is 12.7 Å². The zero-order valence-electron chi connectivity index (χ0n) is 11.5. The van der Waals surface area contributed by atoms with Gasteiger partial charge in [0.05, 0.1) is 6.10 Å². The van der Waals surface area contributed by atoms with E-state index in [2.05, 4.69) is 10.3 Å². The van der Waals surface area contributed by atoms with Crippen molar-refractivity contribution in [1.82, 2.24) is 14.7 Å². The molecule has 2 atom stereocenters. The van der Waals surface area contributed by atoms with Crippen LogP contribution in [0.15, 0.2) is 24.4 Å². The van der Waals surface area contributed by atoms with Gasteiger partial charge in [0.15, 0.2) is 10.8 Å². The van der Waals surface area contributed by atoms with E-state index in [1.54, 1.807) is 22.7 Å². The highest BCUT2D eigenvalue weighted by Gasteiger charge is 2.19. The van der Waals surface area contributed by atoms with Crippen LogP contribution in [0.4, 0.5) is 0 Å². The Morgan fingerprint density at radius 2 is 2.30 bits per heavy atom. The first-order valence-electron chi connectivity index (χ1n) is 6.63. The lowest BCUT2D eigenvalue weighted by molar-refractivity contribution is 0.0845. The molecule has 2 rings (SSSR count). The summed E-state index contributed by atoms with van der Waals surface area (Å²) in [4.78, 5) is 16.3. The van der Waals surface area contributed by atoms with Crippen molar-refractivity contribution in [3.05, 3.63) is 35.2 Å². The second-order valence-electron chi connectivity index (χ2n) is 4.84. The number of amides is 1. The Morgan fingerprint density at radius 1 is 1.55 bits per heavy atom. The number of pyridine rings is 1. The summed E-state index contributed by atoms with van der Waals surface area (Å²) in [6, 6.07) is 5.40. The van der Waals surface area contributed by atoms with Crippen molar-refractivity contribution in [2.45, 2.75) is 26.4 Å². The number of rotatable bonds is 5. The fourth-order valence-corrected chi connectivity index (χ4v) is 2.19. The van der Waals surface area contributed by atoms with Crippen LogP contribution >= 0.6 is 11.6 Å². The van der Waals surface area contributed by atoms with Crippen LogP contribution in [0.2, 0.25) is 5.15 Å². The summed E-state index contributed by atoms with van der Waals surface area (Å²) in [5.41, 5.74) is 0.906. The molecule has 0 fully saturated rings. The summed E-state index contributed by atoms with van der Waals surface area (Å²) in [5.74, 6) is -0.205. The molecule has 6 heteroatoms. The minimum atomic E-state index is -0.568. The average molecular weight is 296 g/mol. The molecule has 1 amide bonds. The number of carbonyl (C=O) groups is 1. The molecule has 0 aliphatic carbocycles. The maximum atomic E-state index is 12.2. The molecule has 2 aromatic rings. The number of halogens is 1. The fourth-order valence-electron chi connectivity index (χ4n) is 1.92. The normalized spacial score (nSPS) is 14.2. The number of fused-ring (bicyclic) bond motifs is 1. The average Bonchev–Trinajstić information content (AvgIpc) is 2.79. The molecule has 108 valence electrons. The molecule has 0 radical (unpaired) electrons. The lowest BCUT2D eigenvalue weighted by atomic mass is 10.0. The van der Waals surface area contributed by atoms with Crippen molar-refractivity contribution in [2.24, 2.45) is 5.92 Å². The maximum Gasteiger partial charge on any atom is 0.271 e. The van der Waals surface area contributed by atoms with Gasteiger partial charge < -0.3 is 10.4 Å². The fraction of sp³-hybridized carbons (Fsp3) is 0.429. The van der Waals surface area contributed by atoms with Crippen LogP contribution in [0.1, 0.15) is 30.8 Å². The summed E-state index contributed by atoms with van der Waals surface area (Å²) in [7, 11) is 0. The van der Waals surface area contributed by atoms with E-state index in [-0.39, 0.29) is 23.5 Å². The quantitative estimate of drug-likeness (QED) is 0.888. The molecular formula is C14H18ClN3O2. The molecule has 5 nitrogen and oxygen atoms in total. The molecule has 2 unspecified atom stereocenters. The van der Waals surface area contributed by atoms with Crippen LogP contribution in [0.3, 0.4) is 0 Å².